The SMILES string of the molecule is COc1ccc(N/C=C\C(=O)c2ccc([18F])cc2)cc1. The van der Waals surface area contributed by atoms with Gasteiger partial charge in [0, 0.05) is 23.5 Å². The first kappa shape index (κ1) is 13.8. The van der Waals surface area contributed by atoms with Crippen LogP contribution in [-0.4, -0.2) is 12.9 Å². The fourth-order valence-electron chi connectivity index (χ4n) is 1.61. The van der Waals surface area contributed by atoms with Crippen LogP contribution in [0, 0.1) is 5.82 Å². The summed E-state index contributed by atoms with van der Waals surface area (Å²) < 4.78 is 17.8. The zero-order valence-electron chi connectivity index (χ0n) is 11.0. The number of anilines is 1. The number of ether oxygens (including phenoxy) is 1. The van der Waals surface area contributed by atoms with Crippen molar-refractivity contribution in [2.45, 2.75) is 0 Å². The molecule has 3 nitrogen and oxygen atoms in total. The molecule has 102 valence electrons. The molecule has 0 amide bonds. The highest BCUT2D eigenvalue weighted by Crippen LogP contribution is 2.14. The Bertz CT molecular complexity index is 603. The van der Waals surface area contributed by atoms with Crippen LogP contribution in [0.5, 0.6) is 5.75 Å². The first-order chi connectivity index (χ1) is 9.69. The molecule has 0 spiro atoms. The van der Waals surface area contributed by atoms with Gasteiger partial charge < -0.3 is 10.1 Å². The predicted molar refractivity (Wildman–Crippen MR) is 76.5 cm³/mol. The molecule has 0 bridgehead atoms. The number of hydrogen-bond acceptors (Lipinski definition) is 3. The fourth-order valence-corrected chi connectivity index (χ4v) is 1.61. The maximum atomic E-state index is 12.7. The van der Waals surface area contributed by atoms with Crippen molar-refractivity contribution in [3.8, 4) is 5.75 Å². The maximum absolute atomic E-state index is 12.7. The minimum Gasteiger partial charge on any atom is -0.497 e. The summed E-state index contributed by atoms with van der Waals surface area (Å²) in [6.07, 6.45) is 2.95. The van der Waals surface area contributed by atoms with E-state index in [4.69, 9.17) is 4.74 Å². The smallest absolute Gasteiger partial charge is 0.187 e. The van der Waals surface area contributed by atoms with Crippen molar-refractivity contribution in [1.82, 2.24) is 0 Å². The third-order valence-electron chi connectivity index (χ3n) is 2.70. The van der Waals surface area contributed by atoms with Crippen LogP contribution >= 0.6 is 0 Å². The van der Waals surface area contributed by atoms with E-state index < -0.39 is 0 Å². The molecule has 4 heteroatoms. The lowest BCUT2D eigenvalue weighted by Gasteiger charge is -2.02. The van der Waals surface area contributed by atoms with Crippen molar-refractivity contribution < 1.29 is 13.9 Å². The molecule has 0 saturated carbocycles. The Kier molecular flexibility index (Phi) is 4.50. The molecule has 2 rings (SSSR count). The van der Waals surface area contributed by atoms with Crippen molar-refractivity contribution >= 4 is 11.5 Å². The van der Waals surface area contributed by atoms with E-state index in [0.29, 0.717) is 5.56 Å². The number of carbonyl (C=O) groups excluding carboxylic acids is 1. The highest BCUT2D eigenvalue weighted by Gasteiger charge is 2.01. The number of ketones is 1. The molecule has 0 atom stereocenters. The van der Waals surface area contributed by atoms with E-state index in [1.807, 2.05) is 24.3 Å². The summed E-state index contributed by atoms with van der Waals surface area (Å²) >= 11 is 0. The number of halogens is 1. The quantitative estimate of drug-likeness (QED) is 0.666. The van der Waals surface area contributed by atoms with E-state index in [1.165, 1.54) is 30.3 Å². The number of carbonyl (C=O) groups is 1. The second-order valence-corrected chi connectivity index (χ2v) is 4.08. The molecule has 0 aliphatic heterocycles. The molecule has 0 aromatic heterocycles. The van der Waals surface area contributed by atoms with Crippen LogP contribution in [0.4, 0.5) is 10.1 Å². The molecular weight excluding hydrogens is 256 g/mol. The molecule has 0 radical (unpaired) electrons. The van der Waals surface area contributed by atoms with Gasteiger partial charge in [-0.2, -0.15) is 0 Å². The number of rotatable bonds is 5. The summed E-state index contributed by atoms with van der Waals surface area (Å²) in [7, 11) is 1.60. The predicted octanol–water partition coefficient (Wildman–Crippen LogP) is 3.64. The van der Waals surface area contributed by atoms with E-state index in [0.717, 1.165) is 11.4 Å². The summed E-state index contributed by atoms with van der Waals surface area (Å²) in [5.74, 6) is 0.217. The largest absolute Gasteiger partial charge is 0.497 e. The van der Waals surface area contributed by atoms with Crippen molar-refractivity contribution in [1.29, 1.82) is 0 Å². The van der Waals surface area contributed by atoms with Crippen molar-refractivity contribution in [2.24, 2.45) is 0 Å². The molecule has 2 aromatic carbocycles. The van der Waals surface area contributed by atoms with Crippen molar-refractivity contribution in [3.63, 3.8) is 0 Å². The van der Waals surface area contributed by atoms with Gasteiger partial charge in [0.1, 0.15) is 11.6 Å². The fraction of sp³-hybridized carbons (Fsp3) is 0.0625. The first-order valence-corrected chi connectivity index (χ1v) is 6.06. The van der Waals surface area contributed by atoms with Gasteiger partial charge >= 0.3 is 0 Å². The lowest BCUT2D eigenvalue weighted by molar-refractivity contribution is 0.104. The van der Waals surface area contributed by atoms with E-state index in [2.05, 4.69) is 5.32 Å². The maximum Gasteiger partial charge on any atom is 0.187 e. The number of allylic oxidation sites excluding steroid dienone is 1. The summed E-state index contributed by atoms with van der Waals surface area (Å²) in [4.78, 5) is 11.8. The van der Waals surface area contributed by atoms with Gasteiger partial charge in [0.25, 0.3) is 0 Å². The molecule has 0 fully saturated rings. The Morgan fingerprint density at radius 3 is 2.35 bits per heavy atom. The van der Waals surface area contributed by atoms with Gasteiger partial charge in [0.15, 0.2) is 5.78 Å². The molecule has 2 aromatic rings. The Hall–Kier alpha value is -2.62. The van der Waals surface area contributed by atoms with Crippen LogP contribution in [-0.2, 0) is 0 Å². The van der Waals surface area contributed by atoms with Crippen LogP contribution in [0.25, 0.3) is 0 Å². The van der Waals surface area contributed by atoms with Gasteiger partial charge in [-0.3, -0.25) is 4.79 Å². The monoisotopic (exact) mass is 270 g/mol. The Morgan fingerprint density at radius 1 is 1.10 bits per heavy atom. The Labute approximate surface area is 116 Å². The van der Waals surface area contributed by atoms with E-state index >= 15 is 0 Å². The summed E-state index contributed by atoms with van der Waals surface area (Å²) in [6, 6.07) is 12.7. The Morgan fingerprint density at radius 2 is 1.75 bits per heavy atom. The van der Waals surface area contributed by atoms with Crippen molar-refractivity contribution in [3.05, 3.63) is 72.2 Å². The molecule has 20 heavy (non-hydrogen) atoms. The number of methoxy groups -OCH3 is 1. The molecule has 0 heterocycles. The lowest BCUT2D eigenvalue weighted by Crippen LogP contribution is -1.96. The van der Waals surface area contributed by atoms with Gasteiger partial charge in [0.05, 0.1) is 7.11 Å². The highest BCUT2D eigenvalue weighted by atomic mass is 18.2. The van der Waals surface area contributed by atoms with Crippen molar-refractivity contribution in [2.75, 3.05) is 12.4 Å². The lowest BCUT2D eigenvalue weighted by atomic mass is 10.1. The average Bonchev–Trinajstić information content (AvgIpc) is 2.48. The zero-order valence-corrected chi connectivity index (χ0v) is 11.0. The van der Waals surface area contributed by atoms with Crippen LogP contribution in [0.3, 0.4) is 0 Å². The number of hydrogen-bond donors (Lipinski definition) is 1. The van der Waals surface area contributed by atoms with Crippen LogP contribution in [0.1, 0.15) is 10.4 Å². The third kappa shape index (κ3) is 3.68. The molecular formula is C16H14FNO2. The molecule has 1 N–H and O–H groups in total. The third-order valence-corrected chi connectivity index (χ3v) is 2.70. The summed E-state index contributed by atoms with van der Waals surface area (Å²) in [6.45, 7) is 0. The van der Waals surface area contributed by atoms with Gasteiger partial charge in [-0.05, 0) is 48.5 Å². The first-order valence-electron chi connectivity index (χ1n) is 6.06. The van der Waals surface area contributed by atoms with Gasteiger partial charge in [0.2, 0.25) is 0 Å². The molecule has 0 saturated heterocycles. The molecule has 0 unspecified atom stereocenters. The normalized spacial score (nSPS) is 10.5. The second-order valence-electron chi connectivity index (χ2n) is 4.08. The van der Waals surface area contributed by atoms with E-state index in [-0.39, 0.29) is 11.6 Å². The minimum absolute atomic E-state index is 0.189. The van der Waals surface area contributed by atoms with E-state index in [9.17, 15) is 9.18 Å². The second kappa shape index (κ2) is 6.52. The van der Waals surface area contributed by atoms with Crippen LogP contribution < -0.4 is 10.1 Å². The van der Waals surface area contributed by atoms with E-state index in [1.54, 1.807) is 13.3 Å². The summed E-state index contributed by atoms with van der Waals surface area (Å²) in [5, 5.41) is 2.98. The summed E-state index contributed by atoms with van der Waals surface area (Å²) in [5.41, 5.74) is 1.29. The molecule has 0 aliphatic carbocycles. The van der Waals surface area contributed by atoms with Gasteiger partial charge in [-0.1, -0.05) is 0 Å². The van der Waals surface area contributed by atoms with Crippen LogP contribution in [0.15, 0.2) is 60.8 Å². The Balaban J connectivity index is 1.95. The average molecular weight is 270 g/mol. The highest BCUT2D eigenvalue weighted by molar-refractivity contribution is 6.04. The van der Waals surface area contributed by atoms with Gasteiger partial charge in [-0.15, -0.1) is 0 Å². The van der Waals surface area contributed by atoms with Gasteiger partial charge in [-0.25, -0.2) is 4.39 Å². The minimum atomic E-state index is -0.359. The topological polar surface area (TPSA) is 38.3 Å². The zero-order chi connectivity index (χ0) is 14.4. The molecule has 0 aliphatic rings. The number of benzene rings is 2. The number of nitrogens with one attached hydrogen (secondary N) is 1. The van der Waals surface area contributed by atoms with Crippen LogP contribution in [0.2, 0.25) is 0 Å². The standard InChI is InChI=1S/C16H14FNO2/c1-20-15-8-6-14(7-9-15)18-11-10-16(19)12-2-4-13(17)5-3-12/h2-11,18H,1H3/b11-10-/i17-1.